The molecule has 1 aliphatic carbocycles. The van der Waals surface area contributed by atoms with Gasteiger partial charge >= 0.3 is 6.09 Å². The van der Waals surface area contributed by atoms with Crippen molar-refractivity contribution >= 4 is 17.8 Å². The van der Waals surface area contributed by atoms with Crippen LogP contribution in [0.3, 0.4) is 0 Å². The van der Waals surface area contributed by atoms with E-state index in [0.717, 1.165) is 24.2 Å². The van der Waals surface area contributed by atoms with Crippen molar-refractivity contribution in [3.05, 3.63) is 83.0 Å². The lowest BCUT2D eigenvalue weighted by molar-refractivity contribution is 0.0747. The number of anilines is 1. The number of amides is 2. The number of likely N-dealkylation sites (tertiary alicyclic amines) is 1. The lowest BCUT2D eigenvalue weighted by Gasteiger charge is -2.38. The average molecular weight is 590 g/mol. The monoisotopic (exact) mass is 589 g/mol. The highest BCUT2D eigenvalue weighted by atomic mass is 16.5. The van der Waals surface area contributed by atoms with Crippen LogP contribution in [-0.2, 0) is 24.1 Å². The van der Waals surface area contributed by atoms with Crippen LogP contribution in [0.15, 0.2) is 60.8 Å². The minimum Gasteiger partial charge on any atom is -0.497 e. The molecule has 0 radical (unpaired) electrons. The van der Waals surface area contributed by atoms with Gasteiger partial charge in [-0.1, -0.05) is 30.3 Å². The van der Waals surface area contributed by atoms with Gasteiger partial charge in [0.2, 0.25) is 0 Å². The molecule has 0 unspecified atom stereocenters. The molecule has 2 aromatic carbocycles. The Balaban J connectivity index is 1.20. The van der Waals surface area contributed by atoms with Crippen molar-refractivity contribution in [2.75, 3.05) is 52.8 Å². The highest BCUT2D eigenvalue weighted by molar-refractivity contribution is 5.94. The maximum atomic E-state index is 13.0. The molecule has 2 aliphatic rings. The van der Waals surface area contributed by atoms with E-state index in [1.807, 2.05) is 18.2 Å². The third-order valence-electron chi connectivity index (χ3n) is 8.05. The standard InChI is InChI=1S/C32H39N5O6/c1-41-28-9-8-24(29(15-28)42-2)17-36(26-12-21-6-4-5-7-22(21)13-26)20-27(38)16-34-31(39)23-10-11-33-30(14-23)35-25-18-37(19-25)32(40)43-3/h4-11,14-15,25-27,38H,12-13,16-20H2,1-3H3,(H,33,35)(H,34,39)/t27-/m1/s1. The number of nitrogens with zero attached hydrogens (tertiary/aromatic N) is 3. The number of aliphatic hydroxyl groups is 1. The number of hydrogen-bond acceptors (Lipinski definition) is 9. The Labute approximate surface area is 251 Å². The molecule has 11 heteroatoms. The van der Waals surface area contributed by atoms with Gasteiger partial charge in [-0.15, -0.1) is 0 Å². The second-order valence-electron chi connectivity index (χ2n) is 10.9. The molecule has 1 atom stereocenters. The van der Waals surface area contributed by atoms with E-state index in [-0.39, 0.29) is 30.6 Å². The predicted molar refractivity (Wildman–Crippen MR) is 162 cm³/mol. The second kappa shape index (κ2) is 13.7. The fraction of sp³-hybridized carbons (Fsp3) is 0.406. The number of ether oxygens (including phenoxy) is 3. The van der Waals surface area contributed by atoms with Gasteiger partial charge in [0.1, 0.15) is 17.3 Å². The van der Waals surface area contributed by atoms with Crippen LogP contribution in [0, 0.1) is 0 Å². The van der Waals surface area contributed by atoms with Crippen LogP contribution in [0.1, 0.15) is 27.0 Å². The van der Waals surface area contributed by atoms with E-state index in [2.05, 4.69) is 44.8 Å². The summed E-state index contributed by atoms with van der Waals surface area (Å²) >= 11 is 0. The van der Waals surface area contributed by atoms with Gasteiger partial charge in [-0.3, -0.25) is 9.69 Å². The summed E-state index contributed by atoms with van der Waals surface area (Å²) in [5, 5.41) is 17.2. The Kier molecular flexibility index (Phi) is 9.63. The van der Waals surface area contributed by atoms with E-state index in [4.69, 9.17) is 14.2 Å². The number of aromatic nitrogens is 1. The summed E-state index contributed by atoms with van der Waals surface area (Å²) in [6.07, 6.45) is 2.18. The summed E-state index contributed by atoms with van der Waals surface area (Å²) in [5.74, 6) is 1.69. The Morgan fingerprint density at radius 1 is 1.05 bits per heavy atom. The molecule has 1 aromatic heterocycles. The lowest BCUT2D eigenvalue weighted by Crippen LogP contribution is -2.57. The summed E-state index contributed by atoms with van der Waals surface area (Å²) in [7, 11) is 4.62. The van der Waals surface area contributed by atoms with E-state index < -0.39 is 6.10 Å². The van der Waals surface area contributed by atoms with Crippen molar-refractivity contribution in [1.82, 2.24) is 20.1 Å². The zero-order valence-corrected chi connectivity index (χ0v) is 24.8. The van der Waals surface area contributed by atoms with Crippen LogP contribution in [0.4, 0.5) is 10.6 Å². The number of carbonyl (C=O) groups is 2. The summed E-state index contributed by atoms with van der Waals surface area (Å²) in [6, 6.07) is 17.7. The first-order chi connectivity index (χ1) is 20.9. The molecule has 0 bridgehead atoms. The molecule has 228 valence electrons. The zero-order chi connectivity index (χ0) is 30.3. The highest BCUT2D eigenvalue weighted by Crippen LogP contribution is 2.30. The quantitative estimate of drug-likeness (QED) is 0.292. The number of benzene rings is 2. The second-order valence-corrected chi connectivity index (χ2v) is 10.9. The van der Waals surface area contributed by atoms with E-state index in [9.17, 15) is 14.7 Å². The SMILES string of the molecule is COC(=O)N1CC(Nc2cc(C(=O)NC[C@@H](O)CN(Cc3ccc(OC)cc3OC)C3Cc4ccccc4C3)ccn2)C1. The molecule has 3 N–H and O–H groups in total. The summed E-state index contributed by atoms with van der Waals surface area (Å²) in [4.78, 5) is 32.7. The van der Waals surface area contributed by atoms with Crippen molar-refractivity contribution in [3.63, 3.8) is 0 Å². The van der Waals surface area contributed by atoms with Crippen molar-refractivity contribution in [2.45, 2.75) is 37.6 Å². The van der Waals surface area contributed by atoms with Crippen molar-refractivity contribution in [1.29, 1.82) is 0 Å². The summed E-state index contributed by atoms with van der Waals surface area (Å²) in [6.45, 7) is 2.04. The van der Waals surface area contributed by atoms with Crippen LogP contribution in [-0.4, -0.2) is 97.6 Å². The van der Waals surface area contributed by atoms with Gasteiger partial charge in [-0.25, -0.2) is 9.78 Å². The predicted octanol–water partition coefficient (Wildman–Crippen LogP) is 2.72. The Hall–Kier alpha value is -4.35. The molecule has 11 nitrogen and oxygen atoms in total. The van der Waals surface area contributed by atoms with Gasteiger partial charge < -0.3 is 34.9 Å². The molecular weight excluding hydrogens is 550 g/mol. The minimum atomic E-state index is -0.796. The van der Waals surface area contributed by atoms with Crippen molar-refractivity contribution in [3.8, 4) is 11.5 Å². The fourth-order valence-electron chi connectivity index (χ4n) is 5.69. The number of methoxy groups -OCH3 is 3. The molecule has 0 spiro atoms. The van der Waals surface area contributed by atoms with Crippen LogP contribution in [0.5, 0.6) is 11.5 Å². The number of hydrogen-bond donors (Lipinski definition) is 3. The van der Waals surface area contributed by atoms with Crippen LogP contribution >= 0.6 is 0 Å². The fourth-order valence-corrected chi connectivity index (χ4v) is 5.69. The third kappa shape index (κ3) is 7.36. The van der Waals surface area contributed by atoms with Gasteiger partial charge in [-0.05, 0) is 42.2 Å². The molecule has 1 aliphatic heterocycles. The molecule has 5 rings (SSSR count). The number of aliphatic hydroxyl groups excluding tert-OH is 1. The minimum absolute atomic E-state index is 0.0313. The summed E-state index contributed by atoms with van der Waals surface area (Å²) in [5.41, 5.74) is 4.07. The molecule has 1 saturated heterocycles. The van der Waals surface area contributed by atoms with E-state index in [1.165, 1.54) is 18.2 Å². The number of nitrogens with one attached hydrogen (secondary N) is 2. The maximum Gasteiger partial charge on any atom is 0.409 e. The van der Waals surface area contributed by atoms with Gasteiger partial charge in [-0.2, -0.15) is 0 Å². The van der Waals surface area contributed by atoms with E-state index in [0.29, 0.717) is 43.3 Å². The number of carbonyl (C=O) groups excluding carboxylic acids is 2. The maximum absolute atomic E-state index is 13.0. The first kappa shape index (κ1) is 30.1. The summed E-state index contributed by atoms with van der Waals surface area (Å²) < 4.78 is 15.7. The highest BCUT2D eigenvalue weighted by Gasteiger charge is 2.32. The molecular formula is C32H39N5O6. The Bertz CT molecular complexity index is 1400. The average Bonchev–Trinajstić information content (AvgIpc) is 3.45. The van der Waals surface area contributed by atoms with Crippen LogP contribution in [0.2, 0.25) is 0 Å². The van der Waals surface area contributed by atoms with Gasteiger partial charge in [0.15, 0.2) is 0 Å². The molecule has 3 aromatic rings. The molecule has 2 heterocycles. The van der Waals surface area contributed by atoms with E-state index in [1.54, 1.807) is 37.4 Å². The smallest absolute Gasteiger partial charge is 0.409 e. The number of fused-ring (bicyclic) bond motifs is 1. The molecule has 2 amide bonds. The van der Waals surface area contributed by atoms with Gasteiger partial charge in [0.25, 0.3) is 5.91 Å². The van der Waals surface area contributed by atoms with Crippen molar-refractivity contribution < 1.29 is 28.9 Å². The topological polar surface area (TPSA) is 125 Å². The molecule has 0 saturated carbocycles. The van der Waals surface area contributed by atoms with Gasteiger partial charge in [0.05, 0.1) is 33.5 Å². The Morgan fingerprint density at radius 3 is 2.47 bits per heavy atom. The first-order valence-electron chi connectivity index (χ1n) is 14.4. The number of pyridine rings is 1. The molecule has 1 fully saturated rings. The number of rotatable bonds is 12. The first-order valence-corrected chi connectivity index (χ1v) is 14.4. The van der Waals surface area contributed by atoms with Gasteiger partial charge in [0, 0.05) is 62.2 Å². The van der Waals surface area contributed by atoms with Crippen LogP contribution in [0.25, 0.3) is 0 Å². The third-order valence-corrected chi connectivity index (χ3v) is 8.05. The van der Waals surface area contributed by atoms with E-state index >= 15 is 0 Å². The Morgan fingerprint density at radius 2 is 1.79 bits per heavy atom. The normalized spacial score (nSPS) is 15.4. The molecule has 43 heavy (non-hydrogen) atoms. The van der Waals surface area contributed by atoms with Crippen molar-refractivity contribution in [2.24, 2.45) is 0 Å². The largest absolute Gasteiger partial charge is 0.497 e. The zero-order valence-electron chi connectivity index (χ0n) is 24.8. The van der Waals surface area contributed by atoms with Crippen LogP contribution < -0.4 is 20.1 Å². The lowest BCUT2D eigenvalue weighted by atomic mass is 10.1.